The molecule has 1 atom stereocenters. The average molecular weight is 318 g/mol. The standard InChI is InChI=1S/C13H17Cl2N3O2/c1-6(2)9(12(16)18-20)13(19)17-11-8(14)5-4-7(3)10(11)15/h4-6,9,20H,1-3H3,(H2,16,18)(H,17,19). The predicted molar refractivity (Wildman–Crippen MR) is 81.6 cm³/mol. The van der Waals surface area contributed by atoms with E-state index < -0.39 is 11.8 Å². The number of hydrogen-bond acceptors (Lipinski definition) is 3. The van der Waals surface area contributed by atoms with Crippen molar-refractivity contribution in [3.05, 3.63) is 27.7 Å². The normalized spacial score (nSPS) is 13.4. The molecule has 7 heteroatoms. The van der Waals surface area contributed by atoms with Crippen molar-refractivity contribution in [3.63, 3.8) is 0 Å². The molecule has 0 spiro atoms. The van der Waals surface area contributed by atoms with Crippen molar-refractivity contribution in [1.82, 2.24) is 0 Å². The summed E-state index contributed by atoms with van der Waals surface area (Å²) in [7, 11) is 0. The minimum absolute atomic E-state index is 0.145. The number of benzene rings is 1. The van der Waals surface area contributed by atoms with Crippen LogP contribution in [0.5, 0.6) is 0 Å². The van der Waals surface area contributed by atoms with E-state index in [2.05, 4.69) is 10.5 Å². The lowest BCUT2D eigenvalue weighted by molar-refractivity contribution is -0.119. The molecule has 0 aromatic heterocycles. The second kappa shape index (κ2) is 6.81. The quantitative estimate of drug-likeness (QED) is 0.345. The van der Waals surface area contributed by atoms with Crippen LogP contribution in [0.25, 0.3) is 0 Å². The highest BCUT2D eigenvalue weighted by Crippen LogP contribution is 2.33. The van der Waals surface area contributed by atoms with Gasteiger partial charge in [-0.05, 0) is 24.5 Å². The SMILES string of the molecule is Cc1ccc(Cl)c(NC(=O)C(C(N)=NO)C(C)C)c1Cl. The van der Waals surface area contributed by atoms with Crippen molar-refractivity contribution in [2.24, 2.45) is 22.7 Å². The lowest BCUT2D eigenvalue weighted by Gasteiger charge is -2.20. The van der Waals surface area contributed by atoms with E-state index in [1.165, 1.54) is 0 Å². The Hall–Kier alpha value is -1.46. The highest BCUT2D eigenvalue weighted by molar-refractivity contribution is 6.40. The first kappa shape index (κ1) is 16.6. The molecular formula is C13H17Cl2N3O2. The first-order valence-corrected chi connectivity index (χ1v) is 6.78. The molecule has 110 valence electrons. The van der Waals surface area contributed by atoms with E-state index in [1.807, 2.05) is 0 Å². The summed E-state index contributed by atoms with van der Waals surface area (Å²) in [5.41, 5.74) is 6.67. The minimum Gasteiger partial charge on any atom is -0.409 e. The van der Waals surface area contributed by atoms with Gasteiger partial charge >= 0.3 is 0 Å². The van der Waals surface area contributed by atoms with Gasteiger partial charge in [-0.2, -0.15) is 0 Å². The number of nitrogens with two attached hydrogens (primary N) is 1. The molecule has 0 saturated carbocycles. The molecule has 4 N–H and O–H groups in total. The molecule has 0 saturated heterocycles. The lowest BCUT2D eigenvalue weighted by Crippen LogP contribution is -2.38. The summed E-state index contributed by atoms with van der Waals surface area (Å²) < 4.78 is 0. The molecule has 1 amide bonds. The number of aryl methyl sites for hydroxylation is 1. The topological polar surface area (TPSA) is 87.7 Å². The van der Waals surface area contributed by atoms with Crippen LogP contribution in [0.2, 0.25) is 10.0 Å². The fourth-order valence-corrected chi connectivity index (χ4v) is 2.28. The van der Waals surface area contributed by atoms with Gasteiger partial charge in [-0.15, -0.1) is 0 Å². The zero-order valence-corrected chi connectivity index (χ0v) is 13.0. The highest BCUT2D eigenvalue weighted by atomic mass is 35.5. The molecule has 0 aliphatic rings. The first-order chi connectivity index (χ1) is 9.29. The average Bonchev–Trinajstić information content (AvgIpc) is 2.38. The highest BCUT2D eigenvalue weighted by Gasteiger charge is 2.28. The number of hydrogen-bond donors (Lipinski definition) is 3. The fraction of sp³-hybridized carbons (Fsp3) is 0.385. The largest absolute Gasteiger partial charge is 0.409 e. The molecule has 0 aliphatic heterocycles. The van der Waals surface area contributed by atoms with Crippen molar-refractivity contribution in [2.75, 3.05) is 5.32 Å². The van der Waals surface area contributed by atoms with Crippen LogP contribution in [0.3, 0.4) is 0 Å². The van der Waals surface area contributed by atoms with E-state index in [0.29, 0.717) is 15.7 Å². The smallest absolute Gasteiger partial charge is 0.235 e. The van der Waals surface area contributed by atoms with Gasteiger partial charge in [-0.25, -0.2) is 0 Å². The number of carbonyl (C=O) groups is 1. The Morgan fingerprint density at radius 2 is 2.00 bits per heavy atom. The van der Waals surface area contributed by atoms with E-state index in [1.54, 1.807) is 32.9 Å². The monoisotopic (exact) mass is 317 g/mol. The third-order valence-electron chi connectivity index (χ3n) is 2.92. The second-order valence-corrected chi connectivity index (χ2v) is 5.57. The Morgan fingerprint density at radius 3 is 2.50 bits per heavy atom. The molecular weight excluding hydrogens is 301 g/mol. The Bertz CT molecular complexity index is 545. The Morgan fingerprint density at radius 1 is 1.40 bits per heavy atom. The van der Waals surface area contributed by atoms with E-state index in [-0.39, 0.29) is 11.8 Å². The summed E-state index contributed by atoms with van der Waals surface area (Å²) in [5, 5.41) is 15.0. The van der Waals surface area contributed by atoms with Crippen molar-refractivity contribution >= 4 is 40.6 Å². The van der Waals surface area contributed by atoms with Crippen LogP contribution in [0.4, 0.5) is 5.69 Å². The number of halogens is 2. The van der Waals surface area contributed by atoms with Crippen molar-refractivity contribution in [3.8, 4) is 0 Å². The second-order valence-electron chi connectivity index (χ2n) is 4.79. The molecule has 1 unspecified atom stereocenters. The summed E-state index contributed by atoms with van der Waals surface area (Å²) in [5.74, 6) is -1.50. The van der Waals surface area contributed by atoms with Gasteiger partial charge in [0, 0.05) is 0 Å². The molecule has 0 heterocycles. The van der Waals surface area contributed by atoms with Crippen LogP contribution in [0, 0.1) is 18.8 Å². The number of amides is 1. The number of carbonyl (C=O) groups excluding carboxylic acids is 1. The van der Waals surface area contributed by atoms with Gasteiger partial charge in [0.2, 0.25) is 5.91 Å². The summed E-state index contributed by atoms with van der Waals surface area (Å²) in [6.45, 7) is 5.39. The van der Waals surface area contributed by atoms with Crippen LogP contribution in [0.15, 0.2) is 17.3 Å². The maximum atomic E-state index is 12.3. The van der Waals surface area contributed by atoms with Crippen LogP contribution < -0.4 is 11.1 Å². The third-order valence-corrected chi connectivity index (χ3v) is 3.72. The van der Waals surface area contributed by atoms with Crippen molar-refractivity contribution in [2.45, 2.75) is 20.8 Å². The molecule has 1 rings (SSSR count). The Labute approximate surface area is 127 Å². The Kier molecular flexibility index (Phi) is 5.65. The lowest BCUT2D eigenvalue weighted by atomic mass is 9.93. The van der Waals surface area contributed by atoms with Crippen LogP contribution in [-0.4, -0.2) is 17.0 Å². The predicted octanol–water partition coefficient (Wildman–Crippen LogP) is 3.26. The van der Waals surface area contributed by atoms with Crippen molar-refractivity contribution < 1.29 is 10.0 Å². The molecule has 0 radical (unpaired) electrons. The molecule has 5 nitrogen and oxygen atoms in total. The summed E-state index contributed by atoms with van der Waals surface area (Å²) in [4.78, 5) is 12.3. The van der Waals surface area contributed by atoms with Gasteiger partial charge in [-0.1, -0.05) is 48.3 Å². The number of amidine groups is 1. The fourth-order valence-electron chi connectivity index (χ4n) is 1.81. The van der Waals surface area contributed by atoms with Gasteiger partial charge in [0.1, 0.15) is 5.92 Å². The Balaban J connectivity index is 3.09. The van der Waals surface area contributed by atoms with E-state index in [4.69, 9.17) is 34.1 Å². The molecule has 1 aromatic rings. The van der Waals surface area contributed by atoms with Gasteiger partial charge in [0.05, 0.1) is 15.7 Å². The van der Waals surface area contributed by atoms with Gasteiger partial charge < -0.3 is 16.3 Å². The van der Waals surface area contributed by atoms with E-state index >= 15 is 0 Å². The minimum atomic E-state index is -0.771. The van der Waals surface area contributed by atoms with Crippen LogP contribution >= 0.6 is 23.2 Å². The maximum absolute atomic E-state index is 12.3. The molecule has 20 heavy (non-hydrogen) atoms. The number of nitrogens with one attached hydrogen (secondary N) is 1. The third kappa shape index (κ3) is 3.55. The molecule has 1 aromatic carbocycles. The number of nitrogens with zero attached hydrogens (tertiary/aromatic N) is 1. The van der Waals surface area contributed by atoms with Gasteiger partial charge in [0.25, 0.3) is 0 Å². The molecule has 0 aliphatic carbocycles. The van der Waals surface area contributed by atoms with E-state index in [9.17, 15) is 4.79 Å². The van der Waals surface area contributed by atoms with Crippen LogP contribution in [0.1, 0.15) is 19.4 Å². The van der Waals surface area contributed by atoms with Crippen LogP contribution in [-0.2, 0) is 4.79 Å². The summed E-state index contributed by atoms with van der Waals surface area (Å²) in [6, 6.07) is 3.40. The maximum Gasteiger partial charge on any atom is 0.235 e. The zero-order chi connectivity index (χ0) is 15.4. The summed E-state index contributed by atoms with van der Waals surface area (Å²) in [6.07, 6.45) is 0. The number of anilines is 1. The van der Waals surface area contributed by atoms with E-state index in [0.717, 1.165) is 5.56 Å². The number of oxime groups is 1. The van der Waals surface area contributed by atoms with Gasteiger partial charge in [0.15, 0.2) is 5.84 Å². The van der Waals surface area contributed by atoms with Crippen molar-refractivity contribution in [1.29, 1.82) is 0 Å². The zero-order valence-electron chi connectivity index (χ0n) is 11.4. The first-order valence-electron chi connectivity index (χ1n) is 6.02. The molecule has 0 bridgehead atoms. The van der Waals surface area contributed by atoms with Gasteiger partial charge in [-0.3, -0.25) is 4.79 Å². The summed E-state index contributed by atoms with van der Waals surface area (Å²) >= 11 is 12.2. The molecule has 0 fully saturated rings. The number of rotatable bonds is 4.